The van der Waals surface area contributed by atoms with E-state index in [1.807, 2.05) is 6.92 Å². The number of carbonyl (C=O) groups is 2. The quantitative estimate of drug-likeness (QED) is 0.632. The van der Waals surface area contributed by atoms with Crippen LogP contribution in [0, 0.1) is 6.92 Å². The maximum Gasteiger partial charge on any atom is 0.328 e. The Kier molecular flexibility index (Phi) is 5.49. The van der Waals surface area contributed by atoms with E-state index in [0.29, 0.717) is 22.5 Å². The van der Waals surface area contributed by atoms with Crippen LogP contribution in [0.5, 0.6) is 5.75 Å². The number of primary amides is 1. The largest absolute Gasteiger partial charge is 0.486 e. The fraction of sp³-hybridized carbons (Fsp3) is 0.350. The van der Waals surface area contributed by atoms with Gasteiger partial charge in [0, 0.05) is 17.3 Å². The molecule has 2 heterocycles. The molecule has 0 spiro atoms. The molecule has 2 N–H and O–H groups in total. The highest BCUT2D eigenvalue weighted by molar-refractivity contribution is 6.04. The fourth-order valence-corrected chi connectivity index (χ4v) is 2.77. The van der Waals surface area contributed by atoms with Crippen LogP contribution in [0.2, 0.25) is 0 Å². The predicted molar refractivity (Wildman–Crippen MR) is 105 cm³/mol. The summed E-state index contributed by atoms with van der Waals surface area (Å²) >= 11 is 0. The van der Waals surface area contributed by atoms with Crippen LogP contribution in [0.4, 0.5) is 0 Å². The van der Waals surface area contributed by atoms with Gasteiger partial charge in [-0.05, 0) is 52.0 Å². The summed E-state index contributed by atoms with van der Waals surface area (Å²) < 4.78 is 12.5. The van der Waals surface area contributed by atoms with Crippen molar-refractivity contribution >= 4 is 22.8 Å². The number of carbonyl (C=O) groups excluding carboxylic acids is 2. The summed E-state index contributed by atoms with van der Waals surface area (Å²) in [6.45, 7) is 7.24. The van der Waals surface area contributed by atoms with Crippen LogP contribution in [0.3, 0.4) is 0 Å². The Bertz CT molecular complexity index is 1070. The van der Waals surface area contributed by atoms with Gasteiger partial charge in [-0.1, -0.05) is 0 Å². The van der Waals surface area contributed by atoms with Crippen molar-refractivity contribution in [2.45, 2.75) is 46.4 Å². The third kappa shape index (κ3) is 5.07. The van der Waals surface area contributed by atoms with Gasteiger partial charge in [0.15, 0.2) is 11.5 Å². The Morgan fingerprint density at radius 2 is 1.97 bits per heavy atom. The average Bonchev–Trinajstić information content (AvgIpc) is 2.96. The molecule has 0 saturated carbocycles. The number of aryl methyl sites for hydroxylation is 1. The lowest BCUT2D eigenvalue weighted by molar-refractivity contribution is -0.155. The summed E-state index contributed by atoms with van der Waals surface area (Å²) in [6.07, 6.45) is 1.66. The van der Waals surface area contributed by atoms with Crippen molar-refractivity contribution in [1.82, 2.24) is 19.7 Å². The summed E-state index contributed by atoms with van der Waals surface area (Å²) in [5, 5.41) is 4.68. The van der Waals surface area contributed by atoms with E-state index in [2.05, 4.69) is 15.1 Å². The molecular weight excluding hydrogens is 374 g/mol. The van der Waals surface area contributed by atoms with Gasteiger partial charge in [0.2, 0.25) is 0 Å². The second kappa shape index (κ2) is 7.86. The van der Waals surface area contributed by atoms with E-state index in [-0.39, 0.29) is 18.8 Å². The lowest BCUT2D eigenvalue weighted by atomic mass is 10.2. The Morgan fingerprint density at radius 3 is 2.62 bits per heavy atom. The molecule has 0 fully saturated rings. The van der Waals surface area contributed by atoms with Crippen molar-refractivity contribution in [1.29, 1.82) is 0 Å². The second-order valence-electron chi connectivity index (χ2n) is 7.54. The SMILES string of the molecule is Cc1ccnc(COc2ccc3c(c2)c(C(N)=O)nn3CC(=O)OC(C)(C)C)n1. The highest BCUT2D eigenvalue weighted by atomic mass is 16.6. The van der Waals surface area contributed by atoms with Gasteiger partial charge in [0.1, 0.15) is 24.5 Å². The lowest BCUT2D eigenvalue weighted by Gasteiger charge is -2.19. The van der Waals surface area contributed by atoms with Crippen molar-refractivity contribution < 1.29 is 19.1 Å². The molecule has 9 nitrogen and oxygen atoms in total. The van der Waals surface area contributed by atoms with Gasteiger partial charge in [-0.15, -0.1) is 0 Å². The average molecular weight is 397 g/mol. The van der Waals surface area contributed by atoms with Crippen molar-refractivity contribution in [2.24, 2.45) is 5.73 Å². The minimum absolute atomic E-state index is 0.0563. The predicted octanol–water partition coefficient (Wildman–Crippen LogP) is 2.15. The Balaban J connectivity index is 1.86. The second-order valence-corrected chi connectivity index (χ2v) is 7.54. The zero-order valence-corrected chi connectivity index (χ0v) is 16.8. The highest BCUT2D eigenvalue weighted by Crippen LogP contribution is 2.25. The van der Waals surface area contributed by atoms with Gasteiger partial charge in [0.25, 0.3) is 5.91 Å². The number of amides is 1. The van der Waals surface area contributed by atoms with Crippen LogP contribution in [-0.2, 0) is 22.7 Å². The number of benzene rings is 1. The Hall–Kier alpha value is -3.49. The number of fused-ring (bicyclic) bond motifs is 1. The van der Waals surface area contributed by atoms with Gasteiger partial charge < -0.3 is 15.2 Å². The summed E-state index contributed by atoms with van der Waals surface area (Å²) in [5.74, 6) is -0.116. The van der Waals surface area contributed by atoms with E-state index >= 15 is 0 Å². The molecule has 29 heavy (non-hydrogen) atoms. The molecule has 0 saturated heterocycles. The smallest absolute Gasteiger partial charge is 0.328 e. The van der Waals surface area contributed by atoms with Gasteiger partial charge >= 0.3 is 5.97 Å². The molecular formula is C20H23N5O4. The van der Waals surface area contributed by atoms with Crippen LogP contribution in [0.1, 0.15) is 42.8 Å². The summed E-state index contributed by atoms with van der Waals surface area (Å²) in [6, 6.07) is 6.89. The normalized spacial score (nSPS) is 11.4. The molecule has 0 unspecified atom stereocenters. The van der Waals surface area contributed by atoms with Crippen LogP contribution in [-0.4, -0.2) is 37.2 Å². The van der Waals surface area contributed by atoms with E-state index in [1.165, 1.54) is 4.68 Å². The Morgan fingerprint density at radius 1 is 1.21 bits per heavy atom. The first kappa shape index (κ1) is 20.2. The van der Waals surface area contributed by atoms with Crippen LogP contribution in [0.15, 0.2) is 30.5 Å². The molecule has 0 bridgehead atoms. The molecule has 3 aromatic rings. The number of hydrogen-bond donors (Lipinski definition) is 1. The molecule has 152 valence electrons. The van der Waals surface area contributed by atoms with E-state index in [0.717, 1.165) is 5.69 Å². The monoisotopic (exact) mass is 397 g/mol. The standard InChI is InChI=1S/C20H23N5O4/c1-12-7-8-22-16(23-12)11-28-13-5-6-15-14(9-13)18(19(21)27)24-25(15)10-17(26)29-20(2,3)4/h5-9H,10-11H2,1-4H3,(H2,21,27). The maximum atomic E-state index is 12.2. The van der Waals surface area contributed by atoms with E-state index < -0.39 is 17.5 Å². The summed E-state index contributed by atoms with van der Waals surface area (Å²) in [4.78, 5) is 32.4. The molecule has 0 radical (unpaired) electrons. The van der Waals surface area contributed by atoms with Crippen LogP contribution < -0.4 is 10.5 Å². The summed E-state index contributed by atoms with van der Waals surface area (Å²) in [7, 11) is 0. The van der Waals surface area contributed by atoms with Gasteiger partial charge in [-0.25, -0.2) is 9.97 Å². The number of nitrogens with zero attached hydrogens (tertiary/aromatic N) is 4. The zero-order chi connectivity index (χ0) is 21.2. The molecule has 1 amide bonds. The molecule has 3 rings (SSSR count). The molecule has 9 heteroatoms. The summed E-state index contributed by atoms with van der Waals surface area (Å²) in [5.41, 5.74) is 6.32. The molecule has 0 aliphatic carbocycles. The topological polar surface area (TPSA) is 122 Å². The number of nitrogens with two attached hydrogens (primary N) is 1. The Labute approximate surface area is 167 Å². The zero-order valence-electron chi connectivity index (χ0n) is 16.8. The molecule has 0 aliphatic rings. The number of ether oxygens (including phenoxy) is 2. The van der Waals surface area contributed by atoms with Gasteiger partial charge in [0.05, 0.1) is 5.52 Å². The van der Waals surface area contributed by atoms with Crippen LogP contribution >= 0.6 is 0 Å². The molecule has 2 aromatic heterocycles. The van der Waals surface area contributed by atoms with Gasteiger partial charge in [-0.2, -0.15) is 5.10 Å². The minimum Gasteiger partial charge on any atom is -0.486 e. The third-order valence-electron chi connectivity index (χ3n) is 3.87. The highest BCUT2D eigenvalue weighted by Gasteiger charge is 2.21. The molecule has 1 aromatic carbocycles. The van der Waals surface area contributed by atoms with Gasteiger partial charge in [-0.3, -0.25) is 14.3 Å². The molecule has 0 atom stereocenters. The van der Waals surface area contributed by atoms with E-state index in [4.69, 9.17) is 15.2 Å². The minimum atomic E-state index is -0.697. The third-order valence-corrected chi connectivity index (χ3v) is 3.87. The first-order valence-corrected chi connectivity index (χ1v) is 9.06. The van der Waals surface area contributed by atoms with Crippen molar-refractivity contribution in [3.63, 3.8) is 0 Å². The number of hydrogen-bond acceptors (Lipinski definition) is 7. The van der Waals surface area contributed by atoms with Crippen molar-refractivity contribution in [3.8, 4) is 5.75 Å². The maximum absolute atomic E-state index is 12.2. The van der Waals surface area contributed by atoms with Crippen molar-refractivity contribution in [3.05, 3.63) is 47.7 Å². The van der Waals surface area contributed by atoms with Crippen LogP contribution in [0.25, 0.3) is 10.9 Å². The van der Waals surface area contributed by atoms with E-state index in [1.54, 1.807) is 51.2 Å². The number of esters is 1. The lowest BCUT2D eigenvalue weighted by Crippen LogP contribution is -2.27. The fourth-order valence-electron chi connectivity index (χ4n) is 2.77. The first-order chi connectivity index (χ1) is 13.6. The van der Waals surface area contributed by atoms with E-state index in [9.17, 15) is 9.59 Å². The first-order valence-electron chi connectivity index (χ1n) is 9.06. The number of aromatic nitrogens is 4. The number of rotatable bonds is 6. The van der Waals surface area contributed by atoms with Crippen molar-refractivity contribution in [2.75, 3.05) is 0 Å². The molecule has 0 aliphatic heterocycles.